The van der Waals surface area contributed by atoms with Crippen molar-refractivity contribution in [3.63, 3.8) is 0 Å². The topological polar surface area (TPSA) is 90.9 Å². The summed E-state index contributed by atoms with van der Waals surface area (Å²) in [7, 11) is 0. The highest BCUT2D eigenvalue weighted by Gasteiger charge is 2.02. The number of urea groups is 1. The van der Waals surface area contributed by atoms with Crippen molar-refractivity contribution in [2.45, 2.75) is 19.4 Å². The van der Waals surface area contributed by atoms with Gasteiger partial charge in [-0.25, -0.2) is 4.79 Å². The smallest absolute Gasteiger partial charge is 0.319 e. The Balaban J connectivity index is 2.43. The molecule has 0 spiro atoms. The summed E-state index contributed by atoms with van der Waals surface area (Å²) in [4.78, 5) is 11.4. The van der Waals surface area contributed by atoms with Crippen LogP contribution in [0.25, 0.3) is 0 Å². The van der Waals surface area contributed by atoms with Crippen LogP contribution in [0.1, 0.15) is 18.9 Å². The van der Waals surface area contributed by atoms with Crippen molar-refractivity contribution in [3.8, 4) is 6.07 Å². The minimum Gasteiger partial charge on any atom is -0.338 e. The minimum atomic E-state index is -0.291. The molecule has 90 valence electrons. The Labute approximate surface area is 101 Å². The van der Waals surface area contributed by atoms with Crippen molar-refractivity contribution in [2.24, 2.45) is 5.73 Å². The number of anilines is 1. The zero-order chi connectivity index (χ0) is 12.7. The molecule has 1 aromatic rings. The third kappa shape index (κ3) is 5.00. The molecule has 5 nitrogen and oxygen atoms in total. The molecule has 0 saturated carbocycles. The maximum Gasteiger partial charge on any atom is 0.319 e. The van der Waals surface area contributed by atoms with E-state index in [2.05, 4.69) is 10.6 Å². The standard InChI is InChI=1S/C12H16N4O/c1-9(14)5-6-15-12(17)16-11-4-2-3-10(7-11)8-13/h2-4,7,9H,5-6,14H2,1H3,(H2,15,16,17). The molecule has 17 heavy (non-hydrogen) atoms. The van der Waals surface area contributed by atoms with E-state index in [-0.39, 0.29) is 12.1 Å². The van der Waals surface area contributed by atoms with Gasteiger partial charge in [-0.1, -0.05) is 6.07 Å². The molecule has 0 saturated heterocycles. The van der Waals surface area contributed by atoms with Crippen LogP contribution in [0.4, 0.5) is 10.5 Å². The lowest BCUT2D eigenvalue weighted by Crippen LogP contribution is -2.32. The lowest BCUT2D eigenvalue weighted by molar-refractivity contribution is 0.252. The SMILES string of the molecule is CC(N)CCNC(=O)Nc1cccc(C#N)c1. The predicted octanol–water partition coefficient (Wildman–Crippen LogP) is 1.42. The normalized spacial score (nSPS) is 11.4. The Morgan fingerprint density at radius 2 is 2.35 bits per heavy atom. The largest absolute Gasteiger partial charge is 0.338 e. The first-order chi connectivity index (χ1) is 8.11. The van der Waals surface area contributed by atoms with Crippen LogP contribution >= 0.6 is 0 Å². The number of hydrogen-bond acceptors (Lipinski definition) is 3. The van der Waals surface area contributed by atoms with Crippen LogP contribution in [-0.4, -0.2) is 18.6 Å². The van der Waals surface area contributed by atoms with E-state index in [1.807, 2.05) is 13.0 Å². The molecular formula is C12H16N4O. The molecule has 1 aromatic carbocycles. The Hall–Kier alpha value is -2.06. The lowest BCUT2D eigenvalue weighted by Gasteiger charge is -2.09. The molecule has 1 unspecified atom stereocenters. The van der Waals surface area contributed by atoms with E-state index in [0.717, 1.165) is 6.42 Å². The van der Waals surface area contributed by atoms with Crippen LogP contribution in [-0.2, 0) is 0 Å². The van der Waals surface area contributed by atoms with Gasteiger partial charge in [-0.05, 0) is 31.5 Å². The Morgan fingerprint density at radius 1 is 1.59 bits per heavy atom. The van der Waals surface area contributed by atoms with Crippen molar-refractivity contribution >= 4 is 11.7 Å². The van der Waals surface area contributed by atoms with Gasteiger partial charge in [0.1, 0.15) is 0 Å². The fourth-order valence-electron chi connectivity index (χ4n) is 1.26. The molecule has 0 aliphatic carbocycles. The van der Waals surface area contributed by atoms with Gasteiger partial charge in [0.15, 0.2) is 0 Å². The number of rotatable bonds is 4. The highest BCUT2D eigenvalue weighted by Crippen LogP contribution is 2.09. The second-order valence-electron chi connectivity index (χ2n) is 3.84. The number of nitriles is 1. The van der Waals surface area contributed by atoms with Crippen LogP contribution in [0.2, 0.25) is 0 Å². The van der Waals surface area contributed by atoms with Gasteiger partial charge in [0.2, 0.25) is 0 Å². The van der Waals surface area contributed by atoms with Gasteiger partial charge in [-0.15, -0.1) is 0 Å². The summed E-state index contributed by atoms with van der Waals surface area (Å²) in [5.41, 5.74) is 6.67. The summed E-state index contributed by atoms with van der Waals surface area (Å²) in [6, 6.07) is 8.53. The van der Waals surface area contributed by atoms with E-state index in [1.54, 1.807) is 24.3 Å². The van der Waals surface area contributed by atoms with Crippen LogP contribution in [0, 0.1) is 11.3 Å². The van der Waals surface area contributed by atoms with Gasteiger partial charge >= 0.3 is 6.03 Å². The molecule has 0 bridgehead atoms. The molecule has 5 heteroatoms. The number of carbonyl (C=O) groups excluding carboxylic acids is 1. The van der Waals surface area contributed by atoms with Crippen molar-refractivity contribution in [2.75, 3.05) is 11.9 Å². The Morgan fingerprint density at radius 3 is 3.00 bits per heavy atom. The maximum atomic E-state index is 11.4. The second kappa shape index (κ2) is 6.51. The van der Waals surface area contributed by atoms with E-state index >= 15 is 0 Å². The third-order valence-corrected chi connectivity index (χ3v) is 2.13. The van der Waals surface area contributed by atoms with E-state index < -0.39 is 0 Å². The second-order valence-corrected chi connectivity index (χ2v) is 3.84. The molecule has 1 atom stereocenters. The van der Waals surface area contributed by atoms with Gasteiger partial charge in [-0.3, -0.25) is 0 Å². The number of amides is 2. The van der Waals surface area contributed by atoms with Crippen molar-refractivity contribution in [1.82, 2.24) is 5.32 Å². The molecule has 4 N–H and O–H groups in total. The predicted molar refractivity (Wildman–Crippen MR) is 66.4 cm³/mol. The van der Waals surface area contributed by atoms with Crippen LogP contribution in [0.5, 0.6) is 0 Å². The van der Waals surface area contributed by atoms with Gasteiger partial charge in [0.25, 0.3) is 0 Å². The molecule has 1 rings (SSSR count). The van der Waals surface area contributed by atoms with E-state index in [4.69, 9.17) is 11.0 Å². The van der Waals surface area contributed by atoms with Crippen LogP contribution in [0.3, 0.4) is 0 Å². The van der Waals surface area contributed by atoms with E-state index in [9.17, 15) is 4.79 Å². The average molecular weight is 232 g/mol. The van der Waals surface area contributed by atoms with Crippen LogP contribution < -0.4 is 16.4 Å². The van der Waals surface area contributed by atoms with Crippen molar-refractivity contribution in [1.29, 1.82) is 5.26 Å². The van der Waals surface area contributed by atoms with Gasteiger partial charge < -0.3 is 16.4 Å². The summed E-state index contributed by atoms with van der Waals surface area (Å²) in [5, 5.41) is 14.0. The van der Waals surface area contributed by atoms with Crippen LogP contribution in [0.15, 0.2) is 24.3 Å². The maximum absolute atomic E-state index is 11.4. The lowest BCUT2D eigenvalue weighted by atomic mass is 10.2. The zero-order valence-corrected chi connectivity index (χ0v) is 9.73. The van der Waals surface area contributed by atoms with Gasteiger partial charge in [-0.2, -0.15) is 5.26 Å². The minimum absolute atomic E-state index is 0.0669. The molecule has 2 amide bonds. The first-order valence-electron chi connectivity index (χ1n) is 5.42. The number of nitrogens with zero attached hydrogens (tertiary/aromatic N) is 1. The summed E-state index contributed by atoms with van der Waals surface area (Å²) in [5.74, 6) is 0. The number of nitrogens with one attached hydrogen (secondary N) is 2. The first kappa shape index (κ1) is 13.0. The number of nitrogens with two attached hydrogens (primary N) is 1. The molecule has 0 aromatic heterocycles. The number of carbonyl (C=O) groups is 1. The van der Waals surface area contributed by atoms with Gasteiger partial charge in [0.05, 0.1) is 11.6 Å². The van der Waals surface area contributed by atoms with E-state index in [0.29, 0.717) is 17.8 Å². The summed E-state index contributed by atoms with van der Waals surface area (Å²) >= 11 is 0. The fraction of sp³-hybridized carbons (Fsp3) is 0.333. The van der Waals surface area contributed by atoms with Crippen molar-refractivity contribution in [3.05, 3.63) is 29.8 Å². The quantitative estimate of drug-likeness (QED) is 0.733. The zero-order valence-electron chi connectivity index (χ0n) is 9.73. The number of benzene rings is 1. The third-order valence-electron chi connectivity index (χ3n) is 2.13. The molecule has 0 radical (unpaired) electrons. The molecule has 0 aliphatic heterocycles. The highest BCUT2D eigenvalue weighted by atomic mass is 16.2. The number of hydrogen-bond donors (Lipinski definition) is 3. The Kier molecular flexibility index (Phi) is 4.98. The first-order valence-corrected chi connectivity index (χ1v) is 5.42. The fourth-order valence-corrected chi connectivity index (χ4v) is 1.26. The average Bonchev–Trinajstić information content (AvgIpc) is 2.28. The highest BCUT2D eigenvalue weighted by molar-refractivity contribution is 5.89. The van der Waals surface area contributed by atoms with Gasteiger partial charge in [0, 0.05) is 18.3 Å². The molecular weight excluding hydrogens is 216 g/mol. The summed E-state index contributed by atoms with van der Waals surface area (Å²) < 4.78 is 0. The molecule has 0 fully saturated rings. The summed E-state index contributed by atoms with van der Waals surface area (Å²) in [6.07, 6.45) is 0.728. The van der Waals surface area contributed by atoms with Crippen molar-refractivity contribution < 1.29 is 4.79 Å². The molecule has 0 heterocycles. The Bertz CT molecular complexity index is 423. The monoisotopic (exact) mass is 232 g/mol. The summed E-state index contributed by atoms with van der Waals surface area (Å²) in [6.45, 7) is 2.41. The molecule has 0 aliphatic rings. The van der Waals surface area contributed by atoms with E-state index in [1.165, 1.54) is 0 Å².